The lowest BCUT2D eigenvalue weighted by molar-refractivity contribution is -0.140. The van der Waals surface area contributed by atoms with Crippen LogP contribution in [0.25, 0.3) is 5.76 Å². The molecule has 1 aromatic carbocycles. The third-order valence-corrected chi connectivity index (χ3v) is 4.76. The molecule has 0 bridgehead atoms. The minimum Gasteiger partial charge on any atom is -0.507 e. The van der Waals surface area contributed by atoms with Crippen LogP contribution < -0.4 is 9.47 Å². The van der Waals surface area contributed by atoms with Gasteiger partial charge >= 0.3 is 0 Å². The van der Waals surface area contributed by atoms with Crippen molar-refractivity contribution in [3.8, 4) is 11.5 Å². The normalized spacial score (nSPS) is 18.2. The summed E-state index contributed by atoms with van der Waals surface area (Å²) in [4.78, 5) is 31.0. The Balaban J connectivity index is 2.21. The number of aromatic nitrogens is 1. The van der Waals surface area contributed by atoms with Crippen molar-refractivity contribution in [3.63, 3.8) is 0 Å². The van der Waals surface area contributed by atoms with E-state index < -0.39 is 17.7 Å². The molecule has 0 spiro atoms. The van der Waals surface area contributed by atoms with Crippen molar-refractivity contribution in [1.29, 1.82) is 0 Å². The van der Waals surface area contributed by atoms with E-state index in [1.54, 1.807) is 42.7 Å². The van der Waals surface area contributed by atoms with Gasteiger partial charge in [-0.15, -0.1) is 0 Å². The lowest BCUT2D eigenvalue weighted by Gasteiger charge is -2.25. The molecule has 8 heteroatoms. The van der Waals surface area contributed by atoms with Gasteiger partial charge in [0, 0.05) is 26.0 Å². The smallest absolute Gasteiger partial charge is 0.295 e. The Labute approximate surface area is 168 Å². The van der Waals surface area contributed by atoms with Crippen LogP contribution in [0.4, 0.5) is 0 Å². The SMILES string of the molecule is COCCN1C(=O)C(=O)/C(=C(/O)c2cc(OC)ccc2OC)C1c1ccncc1. The monoisotopic (exact) mass is 398 g/mol. The highest BCUT2D eigenvalue weighted by atomic mass is 16.5. The number of nitrogens with zero attached hydrogens (tertiary/aromatic N) is 2. The Kier molecular flexibility index (Phi) is 6.13. The topological polar surface area (TPSA) is 98.2 Å². The van der Waals surface area contributed by atoms with Crippen LogP contribution >= 0.6 is 0 Å². The highest BCUT2D eigenvalue weighted by Gasteiger charge is 2.46. The second-order valence-corrected chi connectivity index (χ2v) is 6.33. The molecule has 1 atom stereocenters. The first-order valence-corrected chi connectivity index (χ1v) is 8.93. The van der Waals surface area contributed by atoms with Crippen LogP contribution in [0.2, 0.25) is 0 Å². The van der Waals surface area contributed by atoms with E-state index in [0.29, 0.717) is 17.1 Å². The number of rotatable bonds is 7. The van der Waals surface area contributed by atoms with Gasteiger partial charge < -0.3 is 24.2 Å². The zero-order valence-electron chi connectivity index (χ0n) is 16.4. The first-order valence-electron chi connectivity index (χ1n) is 8.93. The van der Waals surface area contributed by atoms with Crippen LogP contribution in [0.1, 0.15) is 17.2 Å². The van der Waals surface area contributed by atoms with E-state index >= 15 is 0 Å². The van der Waals surface area contributed by atoms with Gasteiger partial charge in [0.2, 0.25) is 0 Å². The van der Waals surface area contributed by atoms with Crippen molar-refractivity contribution in [2.45, 2.75) is 6.04 Å². The molecule has 1 fully saturated rings. The van der Waals surface area contributed by atoms with Gasteiger partial charge in [0.25, 0.3) is 11.7 Å². The molecule has 152 valence electrons. The van der Waals surface area contributed by atoms with E-state index in [2.05, 4.69) is 4.98 Å². The molecule has 1 aromatic heterocycles. The number of hydrogen-bond acceptors (Lipinski definition) is 7. The standard InChI is InChI=1S/C21H22N2O6/c1-27-11-10-23-18(13-6-8-22-9-7-13)17(20(25)21(23)26)19(24)15-12-14(28-2)4-5-16(15)29-3/h4-9,12,18,24H,10-11H2,1-3H3/b19-17+. The number of carbonyl (C=O) groups excluding carboxylic acids is 2. The average Bonchev–Trinajstić information content (AvgIpc) is 3.02. The Hall–Kier alpha value is -3.39. The third kappa shape index (κ3) is 3.79. The van der Waals surface area contributed by atoms with Crippen molar-refractivity contribution < 1.29 is 28.9 Å². The number of ketones is 1. The zero-order chi connectivity index (χ0) is 21.0. The summed E-state index contributed by atoms with van der Waals surface area (Å²) in [6.07, 6.45) is 3.13. The van der Waals surface area contributed by atoms with E-state index in [1.165, 1.54) is 26.2 Å². The summed E-state index contributed by atoms with van der Waals surface area (Å²) in [5, 5.41) is 11.1. The lowest BCUT2D eigenvalue weighted by atomic mass is 9.95. The number of pyridine rings is 1. The molecular weight excluding hydrogens is 376 g/mol. The number of carbonyl (C=O) groups is 2. The molecule has 0 radical (unpaired) electrons. The van der Waals surface area contributed by atoms with E-state index in [9.17, 15) is 14.7 Å². The van der Waals surface area contributed by atoms with Gasteiger partial charge in [0.05, 0.1) is 38.0 Å². The molecule has 1 aliphatic heterocycles. The fraction of sp³-hybridized carbons (Fsp3) is 0.286. The Morgan fingerprint density at radius 1 is 1.10 bits per heavy atom. The van der Waals surface area contributed by atoms with Crippen molar-refractivity contribution in [1.82, 2.24) is 9.88 Å². The number of ether oxygens (including phenoxy) is 3. The molecule has 1 amide bonds. The predicted octanol–water partition coefficient (Wildman–Crippen LogP) is 2.17. The summed E-state index contributed by atoms with van der Waals surface area (Å²) in [5.74, 6) is -0.986. The molecule has 0 saturated carbocycles. The first-order chi connectivity index (χ1) is 14.0. The number of methoxy groups -OCH3 is 3. The Morgan fingerprint density at radius 3 is 2.45 bits per heavy atom. The van der Waals surface area contributed by atoms with Crippen LogP contribution in [0.5, 0.6) is 11.5 Å². The summed E-state index contributed by atoms with van der Waals surface area (Å²) in [6.45, 7) is 0.442. The predicted molar refractivity (Wildman–Crippen MR) is 105 cm³/mol. The highest BCUT2D eigenvalue weighted by Crippen LogP contribution is 2.41. The minimum atomic E-state index is -0.774. The average molecular weight is 398 g/mol. The number of hydrogen-bond donors (Lipinski definition) is 1. The van der Waals surface area contributed by atoms with Crippen LogP contribution in [-0.4, -0.2) is 61.2 Å². The number of aliphatic hydroxyl groups is 1. The molecule has 1 unspecified atom stereocenters. The van der Waals surface area contributed by atoms with E-state index in [0.717, 1.165) is 0 Å². The van der Waals surface area contributed by atoms with Crippen molar-refractivity contribution in [2.24, 2.45) is 0 Å². The Morgan fingerprint density at radius 2 is 1.83 bits per heavy atom. The first kappa shape index (κ1) is 20.3. The molecule has 1 aliphatic rings. The lowest BCUT2D eigenvalue weighted by Crippen LogP contribution is -2.32. The second kappa shape index (κ2) is 8.74. The molecule has 1 saturated heterocycles. The van der Waals surface area contributed by atoms with Crippen molar-refractivity contribution in [3.05, 3.63) is 59.4 Å². The molecule has 8 nitrogen and oxygen atoms in total. The maximum absolute atomic E-state index is 12.9. The number of benzene rings is 1. The maximum atomic E-state index is 12.9. The summed E-state index contributed by atoms with van der Waals surface area (Å²) < 4.78 is 15.6. The number of amides is 1. The molecule has 2 aromatic rings. The quantitative estimate of drug-likeness (QED) is 0.434. The third-order valence-electron chi connectivity index (χ3n) is 4.76. The molecule has 1 N–H and O–H groups in total. The van der Waals surface area contributed by atoms with Gasteiger partial charge in [-0.05, 0) is 35.9 Å². The molecule has 3 rings (SSSR count). The largest absolute Gasteiger partial charge is 0.507 e. The number of aliphatic hydroxyl groups excluding tert-OH is 1. The minimum absolute atomic E-state index is 0.0242. The summed E-state index contributed by atoms with van der Waals surface area (Å²) in [5.41, 5.74) is 0.887. The number of likely N-dealkylation sites (tertiary alicyclic amines) is 1. The molecular formula is C21H22N2O6. The van der Waals surface area contributed by atoms with Gasteiger partial charge in [-0.25, -0.2) is 0 Å². The summed E-state index contributed by atoms with van der Waals surface area (Å²) >= 11 is 0. The maximum Gasteiger partial charge on any atom is 0.295 e. The highest BCUT2D eigenvalue weighted by molar-refractivity contribution is 6.46. The van der Waals surface area contributed by atoms with Crippen LogP contribution in [0.3, 0.4) is 0 Å². The zero-order valence-corrected chi connectivity index (χ0v) is 16.4. The van der Waals surface area contributed by atoms with Gasteiger partial charge in [-0.2, -0.15) is 0 Å². The van der Waals surface area contributed by atoms with E-state index in [-0.39, 0.29) is 30.0 Å². The van der Waals surface area contributed by atoms with Crippen LogP contribution in [0, 0.1) is 0 Å². The Bertz CT molecular complexity index is 941. The van der Waals surface area contributed by atoms with E-state index in [4.69, 9.17) is 14.2 Å². The van der Waals surface area contributed by atoms with Crippen molar-refractivity contribution >= 4 is 17.4 Å². The molecule has 2 heterocycles. The van der Waals surface area contributed by atoms with Gasteiger partial charge in [0.15, 0.2) is 0 Å². The number of Topliss-reactive ketones (excluding diaryl/α,β-unsaturated/α-hetero) is 1. The fourth-order valence-electron chi connectivity index (χ4n) is 3.34. The van der Waals surface area contributed by atoms with Gasteiger partial charge in [-0.1, -0.05) is 0 Å². The fourth-order valence-corrected chi connectivity index (χ4v) is 3.34. The van der Waals surface area contributed by atoms with Crippen molar-refractivity contribution in [2.75, 3.05) is 34.5 Å². The van der Waals surface area contributed by atoms with Gasteiger partial charge in [0.1, 0.15) is 17.3 Å². The van der Waals surface area contributed by atoms with Gasteiger partial charge in [-0.3, -0.25) is 14.6 Å². The van der Waals surface area contributed by atoms with Crippen LogP contribution in [0.15, 0.2) is 48.3 Å². The van der Waals surface area contributed by atoms with E-state index in [1.807, 2.05) is 0 Å². The van der Waals surface area contributed by atoms with Crippen LogP contribution in [-0.2, 0) is 14.3 Å². The molecule has 0 aliphatic carbocycles. The summed E-state index contributed by atoms with van der Waals surface area (Å²) in [7, 11) is 4.46. The molecule has 29 heavy (non-hydrogen) atoms. The second-order valence-electron chi connectivity index (χ2n) is 6.33. The summed E-state index contributed by atoms with van der Waals surface area (Å²) in [6, 6.07) is 7.48.